The number of ether oxygens (including phenoxy) is 1. The number of hydrogen-bond donors (Lipinski definition) is 1. The highest BCUT2D eigenvalue weighted by Crippen LogP contribution is 2.24. The molecule has 0 bridgehead atoms. The summed E-state index contributed by atoms with van der Waals surface area (Å²) in [5.41, 5.74) is 3.34. The molecule has 1 N–H and O–H groups in total. The van der Waals surface area contributed by atoms with E-state index < -0.39 is 0 Å². The van der Waals surface area contributed by atoms with Gasteiger partial charge in [-0.15, -0.1) is 0 Å². The van der Waals surface area contributed by atoms with Gasteiger partial charge in [-0.05, 0) is 37.2 Å². The molecule has 0 unspecified atom stereocenters. The third-order valence-corrected chi connectivity index (χ3v) is 3.85. The zero-order chi connectivity index (χ0) is 15.2. The van der Waals surface area contributed by atoms with Crippen LogP contribution in [0.3, 0.4) is 0 Å². The Bertz CT molecular complexity index is 595. The lowest BCUT2D eigenvalue weighted by atomic mass is 10.2. The lowest BCUT2D eigenvalue weighted by Gasteiger charge is -2.12. The normalized spacial score (nSPS) is 10.9. The number of benzene rings is 1. The molecule has 5 heteroatoms. The molecule has 4 nitrogen and oxygen atoms in total. The van der Waals surface area contributed by atoms with Gasteiger partial charge >= 0.3 is 0 Å². The number of nitrogens with zero attached hydrogens (tertiary/aromatic N) is 2. The van der Waals surface area contributed by atoms with Gasteiger partial charge in [0.1, 0.15) is 12.4 Å². The van der Waals surface area contributed by atoms with Crippen molar-refractivity contribution in [2.24, 2.45) is 7.05 Å². The number of aromatic nitrogens is 2. The summed E-state index contributed by atoms with van der Waals surface area (Å²) in [6.07, 6.45) is 0.942. The summed E-state index contributed by atoms with van der Waals surface area (Å²) >= 11 is 3.51. The number of halogens is 1. The van der Waals surface area contributed by atoms with E-state index in [9.17, 15) is 0 Å². The van der Waals surface area contributed by atoms with E-state index >= 15 is 0 Å². The second-order valence-corrected chi connectivity index (χ2v) is 5.84. The molecule has 0 saturated carbocycles. The Morgan fingerprint density at radius 1 is 1.29 bits per heavy atom. The van der Waals surface area contributed by atoms with Crippen molar-refractivity contribution < 1.29 is 4.74 Å². The first-order valence-corrected chi connectivity index (χ1v) is 8.07. The highest BCUT2D eigenvalue weighted by molar-refractivity contribution is 9.10. The van der Waals surface area contributed by atoms with Gasteiger partial charge in [0.15, 0.2) is 0 Å². The summed E-state index contributed by atoms with van der Waals surface area (Å²) in [6.45, 7) is 6.48. The van der Waals surface area contributed by atoms with Crippen molar-refractivity contribution in [1.82, 2.24) is 15.1 Å². The first kappa shape index (κ1) is 16.0. The average Bonchev–Trinajstić information content (AvgIpc) is 2.84. The topological polar surface area (TPSA) is 39.1 Å². The summed E-state index contributed by atoms with van der Waals surface area (Å²) in [5, 5.41) is 7.78. The molecule has 1 aromatic carbocycles. The van der Waals surface area contributed by atoms with E-state index in [0.717, 1.165) is 46.7 Å². The van der Waals surface area contributed by atoms with Crippen LogP contribution in [0.4, 0.5) is 0 Å². The molecule has 114 valence electrons. The second-order valence-electron chi connectivity index (χ2n) is 4.93. The second kappa shape index (κ2) is 7.61. The van der Waals surface area contributed by atoms with Gasteiger partial charge in [-0.25, -0.2) is 0 Å². The molecule has 0 spiro atoms. The van der Waals surface area contributed by atoms with Gasteiger partial charge in [0.2, 0.25) is 0 Å². The Balaban J connectivity index is 2.09. The Morgan fingerprint density at radius 2 is 2.10 bits per heavy atom. The van der Waals surface area contributed by atoms with Crippen molar-refractivity contribution >= 4 is 15.9 Å². The Hall–Kier alpha value is -1.33. The van der Waals surface area contributed by atoms with Crippen LogP contribution in [0.15, 0.2) is 28.7 Å². The minimum atomic E-state index is 0.532. The Labute approximate surface area is 134 Å². The zero-order valence-corrected chi connectivity index (χ0v) is 14.4. The highest BCUT2D eigenvalue weighted by atomic mass is 79.9. The van der Waals surface area contributed by atoms with E-state index in [2.05, 4.69) is 52.3 Å². The van der Waals surface area contributed by atoms with Crippen molar-refractivity contribution in [1.29, 1.82) is 0 Å². The van der Waals surface area contributed by atoms with Crippen LogP contribution in [-0.4, -0.2) is 16.3 Å². The smallest absolute Gasteiger partial charge is 0.130 e. The van der Waals surface area contributed by atoms with Crippen LogP contribution in [0.5, 0.6) is 5.75 Å². The fourth-order valence-electron chi connectivity index (χ4n) is 2.12. The molecule has 0 atom stereocenters. The Morgan fingerprint density at radius 3 is 2.76 bits per heavy atom. The third kappa shape index (κ3) is 4.32. The molecule has 21 heavy (non-hydrogen) atoms. The van der Waals surface area contributed by atoms with Gasteiger partial charge in [-0.3, -0.25) is 4.68 Å². The average molecular weight is 352 g/mol. The molecule has 1 heterocycles. The van der Waals surface area contributed by atoms with Gasteiger partial charge in [-0.2, -0.15) is 5.10 Å². The number of rotatable bonds is 7. The van der Waals surface area contributed by atoms with E-state index in [4.69, 9.17) is 4.74 Å². The maximum Gasteiger partial charge on any atom is 0.130 e. The highest BCUT2D eigenvalue weighted by Gasteiger charge is 2.08. The first-order chi connectivity index (χ1) is 10.1. The molecule has 2 rings (SSSR count). The predicted molar refractivity (Wildman–Crippen MR) is 88.4 cm³/mol. The summed E-state index contributed by atoms with van der Waals surface area (Å²) < 4.78 is 8.95. The van der Waals surface area contributed by atoms with Crippen LogP contribution in [0.1, 0.15) is 30.8 Å². The van der Waals surface area contributed by atoms with Gasteiger partial charge in [-0.1, -0.05) is 29.8 Å². The van der Waals surface area contributed by atoms with Crippen LogP contribution >= 0.6 is 15.9 Å². The zero-order valence-electron chi connectivity index (χ0n) is 12.8. The minimum absolute atomic E-state index is 0.532. The van der Waals surface area contributed by atoms with Crippen molar-refractivity contribution in [2.75, 3.05) is 6.54 Å². The van der Waals surface area contributed by atoms with Crippen LogP contribution < -0.4 is 10.1 Å². The Kier molecular flexibility index (Phi) is 5.82. The van der Waals surface area contributed by atoms with Crippen LogP contribution in [0.25, 0.3) is 0 Å². The molecule has 0 saturated heterocycles. The first-order valence-electron chi connectivity index (χ1n) is 7.27. The molecule has 0 aliphatic carbocycles. The quantitative estimate of drug-likeness (QED) is 0.830. The van der Waals surface area contributed by atoms with Gasteiger partial charge in [0.05, 0.1) is 11.4 Å². The van der Waals surface area contributed by atoms with Gasteiger partial charge in [0.25, 0.3) is 0 Å². The van der Waals surface area contributed by atoms with Crippen LogP contribution in [0, 0.1) is 0 Å². The van der Waals surface area contributed by atoms with E-state index in [1.165, 1.54) is 0 Å². The summed E-state index contributed by atoms with van der Waals surface area (Å²) in [6, 6.07) is 8.21. The van der Waals surface area contributed by atoms with E-state index in [1.54, 1.807) is 0 Å². The lowest BCUT2D eigenvalue weighted by Crippen LogP contribution is -2.13. The number of hydrogen-bond acceptors (Lipinski definition) is 3. The minimum Gasteiger partial charge on any atom is -0.487 e. The molecular formula is C16H22BrN3O. The molecular weight excluding hydrogens is 330 g/mol. The van der Waals surface area contributed by atoms with Crippen LogP contribution in [-0.2, 0) is 26.6 Å². The predicted octanol–water partition coefficient (Wildman–Crippen LogP) is 3.43. The largest absolute Gasteiger partial charge is 0.487 e. The molecule has 0 aliphatic heterocycles. The van der Waals surface area contributed by atoms with E-state index in [1.807, 2.05) is 23.9 Å². The molecule has 0 fully saturated rings. The lowest BCUT2D eigenvalue weighted by molar-refractivity contribution is 0.291. The summed E-state index contributed by atoms with van der Waals surface area (Å²) in [4.78, 5) is 0. The fourth-order valence-corrected chi connectivity index (χ4v) is 2.53. The molecule has 0 aliphatic rings. The van der Waals surface area contributed by atoms with Crippen LogP contribution in [0.2, 0.25) is 0 Å². The van der Waals surface area contributed by atoms with Gasteiger partial charge < -0.3 is 10.1 Å². The summed E-state index contributed by atoms with van der Waals surface area (Å²) in [7, 11) is 1.96. The number of nitrogens with one attached hydrogen (secondary N) is 1. The SMILES string of the molecule is CCNCc1cc(Br)ccc1OCc1cc(CC)nn1C. The maximum atomic E-state index is 5.99. The molecule has 0 radical (unpaired) electrons. The van der Waals surface area contributed by atoms with E-state index in [0.29, 0.717) is 6.61 Å². The summed E-state index contributed by atoms with van der Waals surface area (Å²) in [5.74, 6) is 0.915. The van der Waals surface area contributed by atoms with Gasteiger partial charge in [0, 0.05) is 23.6 Å². The van der Waals surface area contributed by atoms with Crippen molar-refractivity contribution in [3.8, 4) is 5.75 Å². The van der Waals surface area contributed by atoms with Crippen molar-refractivity contribution in [3.63, 3.8) is 0 Å². The van der Waals surface area contributed by atoms with Crippen molar-refractivity contribution in [3.05, 3.63) is 45.7 Å². The monoisotopic (exact) mass is 351 g/mol. The third-order valence-electron chi connectivity index (χ3n) is 3.35. The van der Waals surface area contributed by atoms with Crippen molar-refractivity contribution in [2.45, 2.75) is 33.4 Å². The van der Waals surface area contributed by atoms with E-state index in [-0.39, 0.29) is 0 Å². The molecule has 1 aromatic heterocycles. The molecule has 0 amide bonds. The fraction of sp³-hybridized carbons (Fsp3) is 0.438. The standard InChI is InChI=1S/C16H22BrN3O/c1-4-14-9-15(20(3)19-14)11-21-16-7-6-13(17)8-12(16)10-18-5-2/h6-9,18H,4-5,10-11H2,1-3H3. The number of aryl methyl sites for hydroxylation is 2. The maximum absolute atomic E-state index is 5.99. The molecule has 2 aromatic rings.